The van der Waals surface area contributed by atoms with Crippen molar-refractivity contribution in [3.05, 3.63) is 217 Å². The van der Waals surface area contributed by atoms with Crippen LogP contribution in [0.4, 0.5) is 34.1 Å². The van der Waals surface area contributed by atoms with E-state index in [0.29, 0.717) is 11.1 Å². The summed E-state index contributed by atoms with van der Waals surface area (Å²) in [5.41, 5.74) is 10.6. The van der Waals surface area contributed by atoms with Gasteiger partial charge >= 0.3 is 0 Å². The smallest absolute Gasteiger partial charge is 0.262 e. The van der Waals surface area contributed by atoms with Crippen molar-refractivity contribution >= 4 is 67.5 Å². The minimum absolute atomic E-state index is 0.100. The van der Waals surface area contributed by atoms with Crippen molar-refractivity contribution in [2.24, 2.45) is 0 Å². The molecular weight excluding hydrogens is 771 g/mol. The SMILES string of the molecule is O=C1c2c(-c3ccc(N(c4ccccc4)c4cccc5ccccc45)cc3)ccc(-c3ccc(N(c4ccccc4)c4cccc5ccccc45)cc3)c2C(=O)N1C1CCCCC1. The highest BCUT2D eigenvalue weighted by Crippen LogP contribution is 2.45. The number of fused-ring (bicyclic) bond motifs is 3. The molecule has 5 heteroatoms. The standard InChI is InChI=1S/C58H45N3O2/c62-57-55-51(42-30-34-47(35-31-42)59(44-20-4-1-5-21-44)53-28-14-18-40-16-10-12-26-49(40)53)38-39-52(56(55)58(63)61(57)46-24-8-3-9-25-46)43-32-36-48(37-33-43)60(45-22-6-2-7-23-45)54-29-15-19-41-17-11-13-27-50(41)54/h1-2,4-7,10-23,26-39,46H,3,8-9,24-25H2. The Morgan fingerprint density at radius 1 is 0.365 bits per heavy atom. The number of imide groups is 1. The summed E-state index contributed by atoms with van der Waals surface area (Å²) < 4.78 is 0. The van der Waals surface area contributed by atoms with Gasteiger partial charge in [-0.15, -0.1) is 0 Å². The average Bonchev–Trinajstić information content (AvgIpc) is 3.62. The first-order chi connectivity index (χ1) is 31.1. The van der Waals surface area contributed by atoms with Gasteiger partial charge in [0, 0.05) is 39.6 Å². The molecule has 0 aromatic heterocycles. The second-order valence-electron chi connectivity index (χ2n) is 16.6. The molecule has 0 unspecified atom stereocenters. The maximum atomic E-state index is 14.8. The Kier molecular flexibility index (Phi) is 9.85. The predicted molar refractivity (Wildman–Crippen MR) is 259 cm³/mol. The van der Waals surface area contributed by atoms with Gasteiger partial charge in [0.05, 0.1) is 22.5 Å². The summed E-state index contributed by atoms with van der Waals surface area (Å²) in [5, 5.41) is 4.65. The molecule has 304 valence electrons. The highest BCUT2D eigenvalue weighted by atomic mass is 16.2. The van der Waals surface area contributed by atoms with E-state index >= 15 is 0 Å². The van der Waals surface area contributed by atoms with Crippen molar-refractivity contribution in [2.75, 3.05) is 9.80 Å². The number of nitrogens with zero attached hydrogens (tertiary/aromatic N) is 3. The fraction of sp³-hybridized carbons (Fsp3) is 0.103. The van der Waals surface area contributed by atoms with Crippen LogP contribution in [0.5, 0.6) is 0 Å². The van der Waals surface area contributed by atoms with Gasteiger partial charge < -0.3 is 9.80 Å². The van der Waals surface area contributed by atoms with E-state index in [9.17, 15) is 9.59 Å². The van der Waals surface area contributed by atoms with E-state index in [1.54, 1.807) is 4.90 Å². The lowest BCUT2D eigenvalue weighted by Crippen LogP contribution is -2.41. The average molecular weight is 816 g/mol. The molecule has 0 spiro atoms. The molecule has 0 radical (unpaired) electrons. The van der Waals surface area contributed by atoms with E-state index < -0.39 is 0 Å². The Morgan fingerprint density at radius 2 is 0.746 bits per heavy atom. The van der Waals surface area contributed by atoms with Crippen LogP contribution >= 0.6 is 0 Å². The van der Waals surface area contributed by atoms with Crippen LogP contribution in [0.25, 0.3) is 43.8 Å². The Hall–Kier alpha value is -7.76. The number of anilines is 6. The van der Waals surface area contributed by atoms with Crippen LogP contribution in [-0.4, -0.2) is 22.8 Å². The third-order valence-electron chi connectivity index (χ3n) is 12.9. The Labute approximate surface area is 368 Å². The van der Waals surface area contributed by atoms with Gasteiger partial charge in [-0.25, -0.2) is 0 Å². The van der Waals surface area contributed by atoms with Crippen LogP contribution in [0.15, 0.2) is 206 Å². The summed E-state index contributed by atoms with van der Waals surface area (Å²) in [6.45, 7) is 0. The van der Waals surface area contributed by atoms with Gasteiger partial charge in [-0.1, -0.05) is 165 Å². The van der Waals surface area contributed by atoms with Crippen molar-refractivity contribution in [3.63, 3.8) is 0 Å². The van der Waals surface area contributed by atoms with Gasteiger partial charge in [0.15, 0.2) is 0 Å². The molecule has 0 atom stereocenters. The summed E-state index contributed by atoms with van der Waals surface area (Å²) in [5.74, 6) is -0.375. The van der Waals surface area contributed by atoms with Crippen LogP contribution in [0.1, 0.15) is 52.8 Å². The van der Waals surface area contributed by atoms with Gasteiger partial charge in [-0.3, -0.25) is 14.5 Å². The molecule has 0 N–H and O–H groups in total. The van der Waals surface area contributed by atoms with E-state index in [1.807, 2.05) is 24.3 Å². The monoisotopic (exact) mass is 815 g/mol. The molecule has 1 fully saturated rings. The molecule has 2 amide bonds. The third kappa shape index (κ3) is 6.83. The third-order valence-corrected chi connectivity index (χ3v) is 12.9. The van der Waals surface area contributed by atoms with Crippen molar-refractivity contribution in [1.82, 2.24) is 4.90 Å². The second-order valence-corrected chi connectivity index (χ2v) is 16.6. The Bertz CT molecular complexity index is 2920. The van der Waals surface area contributed by atoms with Gasteiger partial charge in [0.2, 0.25) is 0 Å². The molecule has 0 bridgehead atoms. The molecular formula is C58H45N3O2. The van der Waals surface area contributed by atoms with Gasteiger partial charge in [0.1, 0.15) is 0 Å². The minimum Gasteiger partial charge on any atom is -0.310 e. The van der Waals surface area contributed by atoms with Crippen molar-refractivity contribution in [2.45, 2.75) is 38.1 Å². The first-order valence-corrected chi connectivity index (χ1v) is 22.0. The fourth-order valence-electron chi connectivity index (χ4n) is 9.93. The number of benzene rings is 9. The molecule has 1 saturated carbocycles. The number of hydrogen-bond donors (Lipinski definition) is 0. The Balaban J connectivity index is 1.01. The first kappa shape index (κ1) is 38.2. The fourth-order valence-corrected chi connectivity index (χ4v) is 9.93. The highest BCUT2D eigenvalue weighted by Gasteiger charge is 2.43. The van der Waals surface area contributed by atoms with E-state index in [-0.39, 0.29) is 17.9 Å². The number of rotatable bonds is 9. The predicted octanol–water partition coefficient (Wildman–Crippen LogP) is 15.2. The molecule has 63 heavy (non-hydrogen) atoms. The zero-order chi connectivity index (χ0) is 42.3. The zero-order valence-electron chi connectivity index (χ0n) is 34.9. The van der Waals surface area contributed by atoms with Gasteiger partial charge in [-0.2, -0.15) is 0 Å². The summed E-state index contributed by atoms with van der Waals surface area (Å²) in [6, 6.07) is 71.4. The minimum atomic E-state index is -0.188. The quantitative estimate of drug-likeness (QED) is 0.136. The summed E-state index contributed by atoms with van der Waals surface area (Å²) in [4.78, 5) is 35.8. The molecule has 1 heterocycles. The number of carbonyl (C=O) groups is 2. The maximum absolute atomic E-state index is 14.8. The lowest BCUT2D eigenvalue weighted by Gasteiger charge is -2.29. The van der Waals surface area contributed by atoms with Crippen molar-refractivity contribution in [1.29, 1.82) is 0 Å². The maximum Gasteiger partial charge on any atom is 0.262 e. The summed E-state index contributed by atoms with van der Waals surface area (Å²) in [7, 11) is 0. The first-order valence-electron chi connectivity index (χ1n) is 22.0. The van der Waals surface area contributed by atoms with Gasteiger partial charge in [-0.05, 0) is 107 Å². The van der Waals surface area contributed by atoms with E-state index in [2.05, 4.69) is 192 Å². The van der Waals surface area contributed by atoms with Crippen LogP contribution in [0, 0.1) is 0 Å². The molecule has 2 aliphatic rings. The van der Waals surface area contributed by atoms with Crippen molar-refractivity contribution in [3.8, 4) is 22.3 Å². The molecule has 1 aliphatic heterocycles. The zero-order valence-corrected chi connectivity index (χ0v) is 34.9. The number of hydrogen-bond acceptors (Lipinski definition) is 4. The van der Waals surface area contributed by atoms with Crippen LogP contribution < -0.4 is 9.80 Å². The molecule has 9 aromatic carbocycles. The van der Waals surface area contributed by atoms with Crippen LogP contribution in [0.3, 0.4) is 0 Å². The van der Waals surface area contributed by atoms with Crippen molar-refractivity contribution < 1.29 is 9.59 Å². The van der Waals surface area contributed by atoms with Gasteiger partial charge in [0.25, 0.3) is 11.8 Å². The lowest BCUT2D eigenvalue weighted by atomic mass is 9.90. The highest BCUT2D eigenvalue weighted by molar-refractivity contribution is 6.26. The number of carbonyl (C=O) groups excluding carboxylic acids is 2. The molecule has 1 aliphatic carbocycles. The number of para-hydroxylation sites is 2. The largest absolute Gasteiger partial charge is 0.310 e. The van der Waals surface area contributed by atoms with E-state index in [0.717, 1.165) is 99.3 Å². The summed E-state index contributed by atoms with van der Waals surface area (Å²) >= 11 is 0. The number of amides is 2. The molecule has 0 saturated heterocycles. The molecule has 5 nitrogen and oxygen atoms in total. The molecule has 9 aromatic rings. The summed E-state index contributed by atoms with van der Waals surface area (Å²) in [6.07, 6.45) is 4.85. The van der Waals surface area contributed by atoms with Crippen LogP contribution in [0.2, 0.25) is 0 Å². The second kappa shape index (κ2) is 16.3. The lowest BCUT2D eigenvalue weighted by molar-refractivity contribution is 0.0549. The molecule has 11 rings (SSSR count). The normalized spacial score (nSPS) is 14.0. The Morgan fingerprint density at radius 3 is 1.19 bits per heavy atom. The van der Waals surface area contributed by atoms with E-state index in [4.69, 9.17) is 0 Å². The topological polar surface area (TPSA) is 43.9 Å². The van der Waals surface area contributed by atoms with E-state index in [1.165, 1.54) is 10.8 Å². The van der Waals surface area contributed by atoms with Crippen LogP contribution in [-0.2, 0) is 0 Å².